The average molecular weight is 367 g/mol. The first kappa shape index (κ1) is 14.9. The summed E-state index contributed by atoms with van der Waals surface area (Å²) in [5, 5.41) is 7.57. The van der Waals surface area contributed by atoms with E-state index in [1.807, 2.05) is 0 Å². The Labute approximate surface area is 121 Å². The summed E-state index contributed by atoms with van der Waals surface area (Å²) in [6.07, 6.45) is 0.738. The van der Waals surface area contributed by atoms with Gasteiger partial charge in [-0.2, -0.15) is 8.42 Å². The number of carboxylic acids is 1. The molecule has 1 fully saturated rings. The normalized spacial score (nSPS) is 19.4. The van der Waals surface area contributed by atoms with Gasteiger partial charge in [-0.05, 0) is 22.0 Å². The van der Waals surface area contributed by atoms with Crippen molar-refractivity contribution in [3.05, 3.63) is 22.3 Å². The highest BCUT2D eigenvalue weighted by Gasteiger charge is 2.40. The molecule has 1 N–H and O–H groups in total. The largest absolute Gasteiger partial charge is 0.478 e. The number of nitrogens with zero attached hydrogens (tertiary/aromatic N) is 2. The summed E-state index contributed by atoms with van der Waals surface area (Å²) in [4.78, 5) is 27.5. The SMILES string of the molecule is O=C(O)c1cc(Br)cnc1N1CC(S(=O)(=O)F)CC1=O. The molecule has 1 atom stereocenters. The van der Waals surface area contributed by atoms with Crippen molar-refractivity contribution in [1.82, 2.24) is 4.98 Å². The maximum atomic E-state index is 12.9. The van der Waals surface area contributed by atoms with Gasteiger partial charge >= 0.3 is 16.2 Å². The van der Waals surface area contributed by atoms with Gasteiger partial charge < -0.3 is 5.11 Å². The second-order valence-corrected chi connectivity index (χ2v) is 6.67. The fourth-order valence-corrected chi connectivity index (χ4v) is 2.87. The van der Waals surface area contributed by atoms with Crippen LogP contribution in [0.5, 0.6) is 0 Å². The molecule has 0 spiro atoms. The predicted molar refractivity (Wildman–Crippen MR) is 69.7 cm³/mol. The van der Waals surface area contributed by atoms with Crippen LogP contribution >= 0.6 is 15.9 Å². The van der Waals surface area contributed by atoms with Crippen LogP contribution in [0.15, 0.2) is 16.7 Å². The van der Waals surface area contributed by atoms with Gasteiger partial charge in [-0.3, -0.25) is 9.69 Å². The van der Waals surface area contributed by atoms with Gasteiger partial charge in [0, 0.05) is 23.6 Å². The highest BCUT2D eigenvalue weighted by atomic mass is 79.9. The van der Waals surface area contributed by atoms with Gasteiger partial charge in [-0.25, -0.2) is 9.78 Å². The fraction of sp³-hybridized carbons (Fsp3) is 0.300. The Hall–Kier alpha value is -1.55. The Morgan fingerprint density at radius 3 is 2.70 bits per heavy atom. The van der Waals surface area contributed by atoms with Crippen molar-refractivity contribution in [2.24, 2.45) is 0 Å². The van der Waals surface area contributed by atoms with Gasteiger partial charge in [0.05, 0.1) is 0 Å². The molecule has 1 saturated heterocycles. The van der Waals surface area contributed by atoms with E-state index in [2.05, 4.69) is 20.9 Å². The molecule has 0 aliphatic carbocycles. The number of amides is 1. The van der Waals surface area contributed by atoms with Crippen molar-refractivity contribution in [3.63, 3.8) is 0 Å². The van der Waals surface area contributed by atoms with Crippen LogP contribution in [0.1, 0.15) is 16.8 Å². The molecule has 1 aliphatic rings. The molecule has 2 heterocycles. The number of carbonyl (C=O) groups is 2. The molecule has 0 aromatic carbocycles. The summed E-state index contributed by atoms with van der Waals surface area (Å²) in [6.45, 7) is -0.452. The molecule has 1 aromatic heterocycles. The first-order chi connectivity index (χ1) is 9.20. The third kappa shape index (κ3) is 2.80. The van der Waals surface area contributed by atoms with E-state index in [0.717, 1.165) is 4.90 Å². The number of carbonyl (C=O) groups excluding carboxylic acids is 1. The molecule has 10 heteroatoms. The van der Waals surface area contributed by atoms with Gasteiger partial charge in [0.2, 0.25) is 5.91 Å². The zero-order valence-corrected chi connectivity index (χ0v) is 12.2. The number of aromatic nitrogens is 1. The Morgan fingerprint density at radius 1 is 1.55 bits per heavy atom. The van der Waals surface area contributed by atoms with Crippen LogP contribution in [0.25, 0.3) is 0 Å². The van der Waals surface area contributed by atoms with E-state index in [9.17, 15) is 21.9 Å². The van der Waals surface area contributed by atoms with Gasteiger partial charge in [-0.15, -0.1) is 3.89 Å². The number of pyridine rings is 1. The molecule has 1 amide bonds. The molecule has 1 aromatic rings. The first-order valence-corrected chi connectivity index (χ1v) is 7.57. The molecule has 20 heavy (non-hydrogen) atoms. The molecule has 7 nitrogen and oxygen atoms in total. The molecule has 1 aliphatic heterocycles. The third-order valence-corrected chi connectivity index (χ3v) is 4.35. The molecular formula is C10H8BrFN2O5S. The second-order valence-electron chi connectivity index (χ2n) is 4.14. The van der Waals surface area contributed by atoms with Crippen molar-refractivity contribution < 1.29 is 27.0 Å². The van der Waals surface area contributed by atoms with Crippen molar-refractivity contribution in [3.8, 4) is 0 Å². The monoisotopic (exact) mass is 366 g/mol. The number of hydrogen-bond donors (Lipinski definition) is 1. The molecule has 2 rings (SSSR count). The summed E-state index contributed by atoms with van der Waals surface area (Å²) in [5.41, 5.74) is -0.273. The van der Waals surface area contributed by atoms with Gasteiger partial charge in [0.15, 0.2) is 0 Å². The number of halogens is 2. The van der Waals surface area contributed by atoms with Crippen LogP contribution in [0.3, 0.4) is 0 Å². The standard InChI is InChI=1S/C10H8BrFN2O5S/c11-5-1-7(10(16)17)9(13-3-5)14-4-6(2-8(14)15)20(12,18)19/h1,3,6H,2,4H2,(H,16,17). The van der Waals surface area contributed by atoms with E-state index in [-0.39, 0.29) is 11.4 Å². The molecule has 1 unspecified atom stereocenters. The van der Waals surface area contributed by atoms with Crippen LogP contribution in [0, 0.1) is 0 Å². The highest BCUT2D eigenvalue weighted by molar-refractivity contribution is 9.10. The van der Waals surface area contributed by atoms with Gasteiger partial charge in [0.1, 0.15) is 16.6 Å². The second kappa shape index (κ2) is 5.09. The van der Waals surface area contributed by atoms with Crippen molar-refractivity contribution >= 4 is 43.8 Å². The Morgan fingerprint density at radius 2 is 2.20 bits per heavy atom. The lowest BCUT2D eigenvalue weighted by molar-refractivity contribution is -0.117. The highest BCUT2D eigenvalue weighted by Crippen LogP contribution is 2.28. The minimum atomic E-state index is -4.86. The molecular weight excluding hydrogens is 359 g/mol. The molecule has 0 radical (unpaired) electrons. The summed E-state index contributed by atoms with van der Waals surface area (Å²) < 4.78 is 35.0. The number of rotatable bonds is 3. The van der Waals surface area contributed by atoms with Crippen LogP contribution in [0.4, 0.5) is 9.70 Å². The fourth-order valence-electron chi connectivity index (χ4n) is 1.87. The van der Waals surface area contributed by atoms with Gasteiger partial charge in [0.25, 0.3) is 0 Å². The zero-order valence-electron chi connectivity index (χ0n) is 9.79. The van der Waals surface area contributed by atoms with Crippen molar-refractivity contribution in [2.75, 3.05) is 11.4 Å². The lowest BCUT2D eigenvalue weighted by Gasteiger charge is -2.17. The quantitative estimate of drug-likeness (QED) is 0.798. The lowest BCUT2D eigenvalue weighted by atomic mass is 10.2. The van der Waals surface area contributed by atoms with Crippen molar-refractivity contribution in [1.29, 1.82) is 0 Å². The Kier molecular flexibility index (Phi) is 3.78. The average Bonchev–Trinajstić information content (AvgIpc) is 2.71. The van der Waals surface area contributed by atoms with Crippen LogP contribution in [-0.4, -0.2) is 42.2 Å². The maximum absolute atomic E-state index is 12.9. The van der Waals surface area contributed by atoms with E-state index < -0.39 is 40.3 Å². The van der Waals surface area contributed by atoms with Crippen LogP contribution in [0.2, 0.25) is 0 Å². The number of anilines is 1. The summed E-state index contributed by atoms with van der Waals surface area (Å²) in [6, 6.07) is 1.23. The number of aromatic carboxylic acids is 1. The smallest absolute Gasteiger partial charge is 0.339 e. The Balaban J connectivity index is 2.43. The van der Waals surface area contributed by atoms with E-state index in [1.54, 1.807) is 0 Å². The van der Waals surface area contributed by atoms with Crippen molar-refractivity contribution in [2.45, 2.75) is 11.7 Å². The van der Waals surface area contributed by atoms with E-state index in [0.29, 0.717) is 4.47 Å². The predicted octanol–water partition coefficient (Wildman–Crippen LogP) is 0.947. The van der Waals surface area contributed by atoms with Gasteiger partial charge in [-0.1, -0.05) is 0 Å². The van der Waals surface area contributed by atoms with E-state index in [4.69, 9.17) is 5.11 Å². The summed E-state index contributed by atoms with van der Waals surface area (Å²) in [5.74, 6) is -2.21. The molecule has 108 valence electrons. The number of carboxylic acid groups (broad SMARTS) is 1. The van der Waals surface area contributed by atoms with E-state index in [1.165, 1.54) is 12.3 Å². The summed E-state index contributed by atoms with van der Waals surface area (Å²) >= 11 is 3.05. The van der Waals surface area contributed by atoms with Crippen LogP contribution in [-0.2, 0) is 15.0 Å². The topological polar surface area (TPSA) is 105 Å². The Bertz CT molecular complexity index is 693. The zero-order chi connectivity index (χ0) is 15.1. The minimum absolute atomic E-state index is 0.197. The molecule has 0 saturated carbocycles. The molecule has 0 bridgehead atoms. The first-order valence-electron chi connectivity index (χ1n) is 5.33. The lowest BCUT2D eigenvalue weighted by Crippen LogP contribution is -2.29. The summed E-state index contributed by atoms with van der Waals surface area (Å²) in [7, 11) is -4.86. The maximum Gasteiger partial charge on any atom is 0.339 e. The van der Waals surface area contributed by atoms with Crippen LogP contribution < -0.4 is 4.90 Å². The van der Waals surface area contributed by atoms with E-state index >= 15 is 0 Å². The number of hydrogen-bond acceptors (Lipinski definition) is 5. The minimum Gasteiger partial charge on any atom is -0.478 e. The third-order valence-electron chi connectivity index (χ3n) is 2.81.